The molecule has 3 aliphatic carbocycles. The van der Waals surface area contributed by atoms with Crippen LogP contribution in [0.4, 0.5) is 0 Å². The fourth-order valence-corrected chi connectivity index (χ4v) is 6.49. The summed E-state index contributed by atoms with van der Waals surface area (Å²) in [6.07, 6.45) is 13.3. The van der Waals surface area contributed by atoms with Crippen molar-refractivity contribution < 1.29 is 9.22 Å². The van der Waals surface area contributed by atoms with Crippen LogP contribution in [0.15, 0.2) is 35.4 Å². The van der Waals surface area contributed by atoms with Crippen molar-refractivity contribution in [1.82, 2.24) is 0 Å². The van der Waals surface area contributed by atoms with Crippen LogP contribution in [0.5, 0.6) is 0 Å². The van der Waals surface area contributed by atoms with Gasteiger partial charge in [0.1, 0.15) is 0 Å². The van der Waals surface area contributed by atoms with Crippen molar-refractivity contribution in [3.05, 3.63) is 35.4 Å². The second-order valence-corrected chi connectivity index (χ2v) is 10.6. The van der Waals surface area contributed by atoms with Gasteiger partial charge in [-0.15, -0.1) is 0 Å². The Kier molecular flexibility index (Phi) is 5.99. The summed E-state index contributed by atoms with van der Waals surface area (Å²) in [7, 11) is 0. The van der Waals surface area contributed by atoms with E-state index in [-0.39, 0.29) is 6.53 Å². The van der Waals surface area contributed by atoms with E-state index in [1.807, 2.05) is 0 Å². The van der Waals surface area contributed by atoms with Crippen LogP contribution in [0.3, 0.4) is 0 Å². The highest BCUT2D eigenvalue weighted by Gasteiger charge is 2.50. The first-order valence-electron chi connectivity index (χ1n) is 13.4. The normalized spacial score (nSPS) is 39.4. The Balaban J connectivity index is 1.81. The first-order valence-corrected chi connectivity index (χ1v) is 11.9. The fourth-order valence-electron chi connectivity index (χ4n) is 6.49. The van der Waals surface area contributed by atoms with Crippen LogP contribution < -0.4 is 0 Å². The van der Waals surface area contributed by atoms with E-state index in [0.29, 0.717) is 42.2 Å². The molecule has 0 amide bonds. The average Bonchev–Trinajstić information content (AvgIpc) is 3.05. The minimum absolute atomic E-state index is 0.185. The molecule has 0 saturated heterocycles. The second-order valence-electron chi connectivity index (χ2n) is 10.6. The molecule has 3 rings (SSSR count). The van der Waals surface area contributed by atoms with Crippen molar-refractivity contribution >= 4 is 0 Å². The van der Waals surface area contributed by atoms with E-state index in [4.69, 9.17) is 4.11 Å². The predicted octanol–water partition coefficient (Wildman–Crippen LogP) is 7.62. The molecule has 0 bridgehead atoms. The number of aliphatic hydroxyl groups excluding tert-OH is 1. The maximum atomic E-state index is 10.1. The topological polar surface area (TPSA) is 20.2 Å². The maximum Gasteiger partial charge on any atom is 0.0626 e. The van der Waals surface area contributed by atoms with E-state index in [1.54, 1.807) is 0 Å². The molecule has 0 heterocycles. The summed E-state index contributed by atoms with van der Waals surface area (Å²) >= 11 is 0. The molecule has 3 fully saturated rings. The van der Waals surface area contributed by atoms with Crippen LogP contribution in [0, 0.1) is 29.1 Å². The van der Waals surface area contributed by atoms with Gasteiger partial charge in [0.05, 0.1) is 10.2 Å². The molecule has 1 heteroatoms. The lowest BCUT2D eigenvalue weighted by Crippen LogP contribution is -2.36. The van der Waals surface area contributed by atoms with Crippen molar-refractivity contribution in [2.24, 2.45) is 29.1 Å². The van der Waals surface area contributed by atoms with Gasteiger partial charge in [0, 0.05) is 0 Å². The number of hydrogen-bond acceptors (Lipinski definition) is 1. The molecule has 0 aromatic heterocycles. The van der Waals surface area contributed by atoms with Crippen molar-refractivity contribution in [3.63, 3.8) is 0 Å². The molecule has 0 aromatic carbocycles. The molecule has 0 unspecified atom stereocenters. The Morgan fingerprint density at radius 2 is 2.07 bits per heavy atom. The van der Waals surface area contributed by atoms with Crippen molar-refractivity contribution in [1.29, 1.82) is 0 Å². The SMILES string of the molecule is [2H]C([2H])=C1CC[C@H](O)C/C1=C([2H])\C=C1/CCC[C@]2(C)[C@@H]([C@H](C)CCCC(C)C)CC[C@@H]12. The average molecular weight is 388 g/mol. The maximum absolute atomic E-state index is 10.1. The highest BCUT2D eigenvalue weighted by Crippen LogP contribution is 2.59. The number of allylic oxidation sites excluding steroid dienone is 4. The lowest BCUT2D eigenvalue weighted by molar-refractivity contribution is 0.0929. The molecule has 0 spiro atoms. The molecule has 0 aromatic rings. The zero-order valence-electron chi connectivity index (χ0n) is 21.7. The molecule has 1 nitrogen and oxygen atoms in total. The van der Waals surface area contributed by atoms with Gasteiger partial charge < -0.3 is 5.11 Å². The third kappa shape index (κ3) is 4.84. The molecular weight excluding hydrogens is 340 g/mol. The quantitative estimate of drug-likeness (QED) is 0.497. The second kappa shape index (κ2) is 9.33. The highest BCUT2D eigenvalue weighted by atomic mass is 16.3. The van der Waals surface area contributed by atoms with Gasteiger partial charge in [-0.05, 0) is 86.0 Å². The summed E-state index contributed by atoms with van der Waals surface area (Å²) in [5.74, 6) is 2.89. The lowest BCUT2D eigenvalue weighted by Gasteiger charge is -2.44. The zero-order chi connectivity index (χ0) is 22.8. The summed E-state index contributed by atoms with van der Waals surface area (Å²) in [6, 6.07) is 0.443. The molecular formula is C27H44O. The van der Waals surface area contributed by atoms with E-state index in [9.17, 15) is 5.11 Å². The Hall–Kier alpha value is -0.820. The number of aliphatic hydroxyl groups is 1. The fraction of sp³-hybridized carbons (Fsp3) is 0.778. The van der Waals surface area contributed by atoms with Gasteiger partial charge in [-0.25, -0.2) is 0 Å². The van der Waals surface area contributed by atoms with Crippen LogP contribution in [0.25, 0.3) is 0 Å². The Morgan fingerprint density at radius 1 is 1.25 bits per heavy atom. The molecule has 28 heavy (non-hydrogen) atoms. The van der Waals surface area contributed by atoms with Gasteiger partial charge >= 0.3 is 0 Å². The highest BCUT2D eigenvalue weighted by molar-refractivity contribution is 5.36. The summed E-state index contributed by atoms with van der Waals surface area (Å²) < 4.78 is 24.4. The molecule has 1 N–H and O–H groups in total. The van der Waals surface area contributed by atoms with E-state index in [0.717, 1.165) is 29.7 Å². The van der Waals surface area contributed by atoms with E-state index < -0.39 is 6.10 Å². The smallest absolute Gasteiger partial charge is 0.0626 e. The Bertz CT molecular complexity index is 731. The van der Waals surface area contributed by atoms with Crippen LogP contribution >= 0.6 is 0 Å². The standard InChI is InChI=1S/C27H44O/c1-19(2)8-6-9-21(4)25-15-16-26-22(10-7-17-27(25,26)5)12-13-23-18-24(28)14-11-20(23)3/h12-13,19,21,24-26,28H,3,6-11,14-18H2,1-2,4-5H3/b22-12+,23-13+/t21-,24+,25-,26+,27-/m1/s1/i3D2,13D. The largest absolute Gasteiger partial charge is 0.393 e. The number of hydrogen-bond donors (Lipinski definition) is 1. The summed E-state index contributed by atoms with van der Waals surface area (Å²) in [5, 5.41) is 10.1. The molecule has 5 atom stereocenters. The summed E-state index contributed by atoms with van der Waals surface area (Å²) in [6.45, 7) is 9.44. The first-order chi connectivity index (χ1) is 14.6. The van der Waals surface area contributed by atoms with Gasteiger partial charge in [0.2, 0.25) is 0 Å². The molecule has 0 aliphatic heterocycles. The molecule has 3 saturated carbocycles. The predicted molar refractivity (Wildman–Crippen MR) is 121 cm³/mol. The minimum Gasteiger partial charge on any atom is -0.393 e. The van der Waals surface area contributed by atoms with E-state index in [2.05, 4.69) is 33.8 Å². The number of rotatable bonds is 6. The Morgan fingerprint density at radius 3 is 2.82 bits per heavy atom. The lowest BCUT2D eigenvalue weighted by atomic mass is 9.60. The van der Waals surface area contributed by atoms with Gasteiger partial charge in [0.15, 0.2) is 0 Å². The van der Waals surface area contributed by atoms with Crippen molar-refractivity contribution in [3.8, 4) is 0 Å². The number of fused-ring (bicyclic) bond motifs is 1. The van der Waals surface area contributed by atoms with Crippen LogP contribution in [-0.4, -0.2) is 11.2 Å². The van der Waals surface area contributed by atoms with Crippen molar-refractivity contribution in [2.75, 3.05) is 0 Å². The van der Waals surface area contributed by atoms with Gasteiger partial charge in [-0.2, -0.15) is 0 Å². The monoisotopic (exact) mass is 387 g/mol. The summed E-state index contributed by atoms with van der Waals surface area (Å²) in [5.41, 5.74) is 3.15. The van der Waals surface area contributed by atoms with Crippen LogP contribution in [-0.2, 0) is 0 Å². The minimum atomic E-state index is -0.448. The first kappa shape index (κ1) is 18.0. The molecule has 158 valence electrons. The van der Waals surface area contributed by atoms with Gasteiger partial charge in [0.25, 0.3) is 0 Å². The Labute approximate surface area is 178 Å². The third-order valence-corrected chi connectivity index (χ3v) is 8.13. The van der Waals surface area contributed by atoms with Crippen LogP contribution in [0.2, 0.25) is 0 Å². The molecule has 3 aliphatic rings. The van der Waals surface area contributed by atoms with E-state index in [1.165, 1.54) is 50.5 Å². The van der Waals surface area contributed by atoms with Crippen LogP contribution in [0.1, 0.15) is 102 Å². The van der Waals surface area contributed by atoms with Gasteiger partial charge in [-0.3, -0.25) is 0 Å². The van der Waals surface area contributed by atoms with Crippen molar-refractivity contribution in [2.45, 2.75) is 104 Å². The van der Waals surface area contributed by atoms with E-state index >= 15 is 0 Å². The summed E-state index contributed by atoms with van der Waals surface area (Å²) in [4.78, 5) is 0. The zero-order valence-corrected chi connectivity index (χ0v) is 18.7. The van der Waals surface area contributed by atoms with Gasteiger partial charge in [-0.1, -0.05) is 76.8 Å². The third-order valence-electron chi connectivity index (χ3n) is 8.13. The molecule has 0 radical (unpaired) electrons.